The van der Waals surface area contributed by atoms with Gasteiger partial charge in [-0.25, -0.2) is 0 Å². The lowest BCUT2D eigenvalue weighted by atomic mass is 10.0. The second-order valence-corrected chi connectivity index (χ2v) is 6.64. The Kier molecular flexibility index (Phi) is 4.70. The standard InChI is InChI=1S/C19H21N3O3/c1-12(2)13-4-3-5-16(10-13)21-19(23)14-6-9-17(20-15-7-8-15)18(11-14)22(24)25/h3-6,9-12,15,20H,7-8H2,1-2H3,(H,21,23). The first-order valence-electron chi connectivity index (χ1n) is 8.40. The molecule has 6 nitrogen and oxygen atoms in total. The molecule has 3 rings (SSSR count). The summed E-state index contributed by atoms with van der Waals surface area (Å²) >= 11 is 0. The third-order valence-electron chi connectivity index (χ3n) is 4.20. The van der Waals surface area contributed by atoms with Gasteiger partial charge in [0, 0.05) is 23.4 Å². The molecule has 1 fully saturated rings. The van der Waals surface area contributed by atoms with E-state index in [2.05, 4.69) is 24.5 Å². The molecule has 0 aromatic heterocycles. The number of nitrogens with one attached hydrogen (secondary N) is 2. The van der Waals surface area contributed by atoms with Crippen LogP contribution in [0.2, 0.25) is 0 Å². The zero-order valence-corrected chi connectivity index (χ0v) is 14.3. The van der Waals surface area contributed by atoms with Gasteiger partial charge in [-0.2, -0.15) is 0 Å². The van der Waals surface area contributed by atoms with E-state index in [1.165, 1.54) is 6.07 Å². The molecule has 25 heavy (non-hydrogen) atoms. The Labute approximate surface area is 146 Å². The van der Waals surface area contributed by atoms with Gasteiger partial charge in [-0.3, -0.25) is 14.9 Å². The van der Waals surface area contributed by atoms with Crippen molar-refractivity contribution in [1.29, 1.82) is 0 Å². The van der Waals surface area contributed by atoms with Crippen LogP contribution in [0, 0.1) is 10.1 Å². The first-order valence-corrected chi connectivity index (χ1v) is 8.40. The van der Waals surface area contributed by atoms with Crippen LogP contribution in [-0.4, -0.2) is 16.9 Å². The lowest BCUT2D eigenvalue weighted by Crippen LogP contribution is -2.13. The molecular weight excluding hydrogens is 318 g/mol. The summed E-state index contributed by atoms with van der Waals surface area (Å²) in [6.45, 7) is 4.16. The van der Waals surface area contributed by atoms with Crippen molar-refractivity contribution in [2.75, 3.05) is 10.6 Å². The molecule has 0 bridgehead atoms. The molecule has 0 spiro atoms. The van der Waals surface area contributed by atoms with E-state index in [9.17, 15) is 14.9 Å². The molecule has 0 aliphatic heterocycles. The van der Waals surface area contributed by atoms with Crippen LogP contribution < -0.4 is 10.6 Å². The molecule has 2 aromatic carbocycles. The van der Waals surface area contributed by atoms with Crippen LogP contribution >= 0.6 is 0 Å². The van der Waals surface area contributed by atoms with Gasteiger partial charge in [-0.05, 0) is 48.6 Å². The second-order valence-electron chi connectivity index (χ2n) is 6.64. The third-order valence-corrected chi connectivity index (χ3v) is 4.20. The van der Waals surface area contributed by atoms with Crippen molar-refractivity contribution in [2.24, 2.45) is 0 Å². The van der Waals surface area contributed by atoms with Crippen LogP contribution in [0.25, 0.3) is 0 Å². The van der Waals surface area contributed by atoms with Gasteiger partial charge in [0.25, 0.3) is 11.6 Å². The van der Waals surface area contributed by atoms with Crippen molar-refractivity contribution in [3.8, 4) is 0 Å². The quantitative estimate of drug-likeness (QED) is 0.597. The fourth-order valence-corrected chi connectivity index (χ4v) is 2.57. The van der Waals surface area contributed by atoms with Crippen molar-refractivity contribution in [2.45, 2.75) is 38.6 Å². The zero-order valence-electron chi connectivity index (χ0n) is 14.3. The number of carbonyl (C=O) groups excluding carboxylic acids is 1. The molecule has 6 heteroatoms. The molecule has 1 aliphatic carbocycles. The topological polar surface area (TPSA) is 84.3 Å². The number of nitro benzene ring substituents is 1. The lowest BCUT2D eigenvalue weighted by Gasteiger charge is -2.11. The summed E-state index contributed by atoms with van der Waals surface area (Å²) in [7, 11) is 0. The minimum atomic E-state index is -0.457. The first-order chi connectivity index (χ1) is 11.9. The van der Waals surface area contributed by atoms with Crippen molar-refractivity contribution < 1.29 is 9.72 Å². The fourth-order valence-electron chi connectivity index (χ4n) is 2.57. The zero-order chi connectivity index (χ0) is 18.0. The Morgan fingerprint density at radius 3 is 2.60 bits per heavy atom. The van der Waals surface area contributed by atoms with E-state index in [0.717, 1.165) is 18.4 Å². The molecule has 0 heterocycles. The monoisotopic (exact) mass is 339 g/mol. The number of hydrogen-bond acceptors (Lipinski definition) is 4. The molecule has 1 amide bonds. The Morgan fingerprint density at radius 2 is 1.96 bits per heavy atom. The molecule has 0 atom stereocenters. The van der Waals surface area contributed by atoms with E-state index in [4.69, 9.17) is 0 Å². The highest BCUT2D eigenvalue weighted by atomic mass is 16.6. The number of rotatable bonds is 6. The fraction of sp³-hybridized carbons (Fsp3) is 0.316. The maximum absolute atomic E-state index is 12.5. The summed E-state index contributed by atoms with van der Waals surface area (Å²) in [6.07, 6.45) is 2.04. The van der Waals surface area contributed by atoms with Crippen LogP contribution in [0.1, 0.15) is 48.5 Å². The summed E-state index contributed by atoms with van der Waals surface area (Å²) in [4.78, 5) is 23.3. The molecule has 130 valence electrons. The molecular formula is C19H21N3O3. The highest BCUT2D eigenvalue weighted by molar-refractivity contribution is 6.05. The van der Waals surface area contributed by atoms with E-state index in [-0.39, 0.29) is 17.2 Å². The average molecular weight is 339 g/mol. The Bertz CT molecular complexity index is 813. The Morgan fingerprint density at radius 1 is 1.20 bits per heavy atom. The average Bonchev–Trinajstić information content (AvgIpc) is 3.39. The third kappa shape index (κ3) is 4.15. The smallest absolute Gasteiger partial charge is 0.293 e. The van der Waals surface area contributed by atoms with Gasteiger partial charge in [0.15, 0.2) is 0 Å². The van der Waals surface area contributed by atoms with Crippen LogP contribution in [0.4, 0.5) is 17.1 Å². The summed E-state index contributed by atoms with van der Waals surface area (Å²) in [5.41, 5.74) is 2.45. The van der Waals surface area contributed by atoms with Gasteiger partial charge >= 0.3 is 0 Å². The molecule has 0 unspecified atom stereocenters. The molecule has 2 N–H and O–H groups in total. The van der Waals surface area contributed by atoms with E-state index in [1.807, 2.05) is 18.2 Å². The number of anilines is 2. The lowest BCUT2D eigenvalue weighted by molar-refractivity contribution is -0.384. The summed E-state index contributed by atoms with van der Waals surface area (Å²) in [5.74, 6) is -0.00676. The molecule has 0 saturated heterocycles. The number of amides is 1. The van der Waals surface area contributed by atoms with Crippen LogP contribution in [0.3, 0.4) is 0 Å². The van der Waals surface area contributed by atoms with Gasteiger partial charge in [0.1, 0.15) is 5.69 Å². The Balaban J connectivity index is 1.80. The minimum absolute atomic E-state index is 0.0736. The highest BCUT2D eigenvalue weighted by Gasteiger charge is 2.25. The van der Waals surface area contributed by atoms with E-state index in [0.29, 0.717) is 23.3 Å². The summed E-state index contributed by atoms with van der Waals surface area (Å²) in [5, 5.41) is 17.2. The first kappa shape index (κ1) is 17.0. The maximum Gasteiger partial charge on any atom is 0.293 e. The molecule has 1 saturated carbocycles. The van der Waals surface area contributed by atoms with E-state index >= 15 is 0 Å². The van der Waals surface area contributed by atoms with Gasteiger partial charge in [0.2, 0.25) is 0 Å². The predicted octanol–water partition coefficient (Wildman–Crippen LogP) is 4.54. The predicted molar refractivity (Wildman–Crippen MR) is 98.2 cm³/mol. The Hall–Kier alpha value is -2.89. The number of nitrogens with zero attached hydrogens (tertiary/aromatic N) is 1. The summed E-state index contributed by atoms with van der Waals surface area (Å²) < 4.78 is 0. The number of benzene rings is 2. The number of nitro groups is 1. The normalized spacial score (nSPS) is 13.6. The summed E-state index contributed by atoms with van der Waals surface area (Å²) in [6, 6.07) is 12.5. The number of carbonyl (C=O) groups is 1. The highest BCUT2D eigenvalue weighted by Crippen LogP contribution is 2.31. The molecule has 1 aliphatic rings. The van der Waals surface area contributed by atoms with Crippen molar-refractivity contribution in [3.63, 3.8) is 0 Å². The van der Waals surface area contributed by atoms with Crippen LogP contribution in [0.5, 0.6) is 0 Å². The molecule has 0 radical (unpaired) electrons. The van der Waals surface area contributed by atoms with Gasteiger partial charge < -0.3 is 10.6 Å². The van der Waals surface area contributed by atoms with Crippen molar-refractivity contribution in [1.82, 2.24) is 0 Å². The van der Waals surface area contributed by atoms with E-state index in [1.54, 1.807) is 18.2 Å². The second kappa shape index (κ2) is 6.93. The maximum atomic E-state index is 12.5. The SMILES string of the molecule is CC(C)c1cccc(NC(=O)c2ccc(NC3CC3)c([N+](=O)[O-])c2)c1. The van der Waals surface area contributed by atoms with Gasteiger partial charge in [0.05, 0.1) is 4.92 Å². The van der Waals surface area contributed by atoms with Crippen LogP contribution in [0.15, 0.2) is 42.5 Å². The number of hydrogen-bond donors (Lipinski definition) is 2. The molecule has 2 aromatic rings. The van der Waals surface area contributed by atoms with Crippen molar-refractivity contribution >= 4 is 23.0 Å². The van der Waals surface area contributed by atoms with Gasteiger partial charge in [-0.15, -0.1) is 0 Å². The largest absolute Gasteiger partial charge is 0.377 e. The van der Waals surface area contributed by atoms with Gasteiger partial charge in [-0.1, -0.05) is 26.0 Å². The minimum Gasteiger partial charge on any atom is -0.377 e. The van der Waals surface area contributed by atoms with E-state index < -0.39 is 4.92 Å². The van der Waals surface area contributed by atoms with Crippen LogP contribution in [-0.2, 0) is 0 Å². The van der Waals surface area contributed by atoms with Crippen molar-refractivity contribution in [3.05, 3.63) is 63.7 Å².